The Morgan fingerprint density at radius 3 is 1.52 bits per heavy atom. The molecule has 0 atom stereocenters. The van der Waals surface area contributed by atoms with Crippen LogP contribution in [0.5, 0.6) is 0 Å². The van der Waals surface area contributed by atoms with Crippen LogP contribution in [0, 0.1) is 0 Å². The van der Waals surface area contributed by atoms with Gasteiger partial charge >= 0.3 is 0 Å². The Bertz CT molecular complexity index is 388. The second-order valence-electron chi connectivity index (χ2n) is 7.85. The zero-order valence-corrected chi connectivity index (χ0v) is 16.3. The van der Waals surface area contributed by atoms with Crippen molar-refractivity contribution in [3.63, 3.8) is 0 Å². The van der Waals surface area contributed by atoms with Gasteiger partial charge in [0.05, 0.1) is 31.9 Å². The molecule has 138 valence electrons. The highest BCUT2D eigenvalue weighted by atomic mass is 32.2. The maximum atomic E-state index is 9.95. The molecule has 0 bridgehead atoms. The molecule has 0 saturated heterocycles. The first-order valence-electron chi connectivity index (χ1n) is 9.56. The molecule has 0 aliphatic heterocycles. The largest absolute Gasteiger partial charge is 0.324 e. The summed E-state index contributed by atoms with van der Waals surface area (Å²) in [7, 11) is 1.33. The van der Waals surface area contributed by atoms with E-state index in [-0.39, 0.29) is 5.75 Å². The molecule has 0 unspecified atom stereocenters. The maximum Gasteiger partial charge on any atom is 0.264 e. The van der Waals surface area contributed by atoms with Crippen molar-refractivity contribution in [2.24, 2.45) is 0 Å². The van der Waals surface area contributed by atoms with Crippen molar-refractivity contribution >= 4 is 10.1 Å². The fraction of sp³-hybridized carbons (Fsp3) is 1.00. The quantitative estimate of drug-likeness (QED) is 0.592. The first-order chi connectivity index (χ1) is 10.8. The molecule has 2 aliphatic carbocycles. The summed E-state index contributed by atoms with van der Waals surface area (Å²) in [6, 6.07) is 1.95. The molecule has 0 aromatic carbocycles. The van der Waals surface area contributed by atoms with Gasteiger partial charge in [0, 0.05) is 0 Å². The van der Waals surface area contributed by atoms with Crippen molar-refractivity contribution < 1.29 is 17.5 Å². The van der Waals surface area contributed by atoms with E-state index in [1.807, 2.05) is 6.92 Å². The van der Waals surface area contributed by atoms with Crippen molar-refractivity contribution in [2.75, 3.05) is 19.8 Å². The van der Waals surface area contributed by atoms with E-state index in [0.717, 1.165) is 18.5 Å². The highest BCUT2D eigenvalue weighted by Crippen LogP contribution is 2.33. The van der Waals surface area contributed by atoms with Crippen LogP contribution in [0.25, 0.3) is 0 Å². The lowest BCUT2D eigenvalue weighted by molar-refractivity contribution is -0.941. The van der Waals surface area contributed by atoms with E-state index in [9.17, 15) is 8.42 Å². The van der Waals surface area contributed by atoms with E-state index < -0.39 is 10.1 Å². The van der Waals surface area contributed by atoms with E-state index in [2.05, 4.69) is 14.1 Å². The lowest BCUT2D eigenvalue weighted by atomic mass is 9.87. The van der Waals surface area contributed by atoms with Gasteiger partial charge in [-0.3, -0.25) is 4.55 Å². The molecule has 23 heavy (non-hydrogen) atoms. The number of quaternary nitrogens is 1. The molecule has 0 radical (unpaired) electrons. The van der Waals surface area contributed by atoms with Crippen LogP contribution >= 0.6 is 0 Å². The second kappa shape index (κ2) is 10.00. The van der Waals surface area contributed by atoms with Crippen LogP contribution in [-0.2, 0) is 10.1 Å². The van der Waals surface area contributed by atoms with Gasteiger partial charge in [0.25, 0.3) is 10.1 Å². The number of unbranched alkanes of at least 4 members (excludes halogenated alkanes) is 1. The molecule has 0 aromatic heterocycles. The number of hydrogen-bond donors (Lipinski definition) is 1. The van der Waals surface area contributed by atoms with Crippen LogP contribution in [0.3, 0.4) is 0 Å². The summed E-state index contributed by atoms with van der Waals surface area (Å²) in [6.07, 6.45) is 16.2. The number of nitrogens with zero attached hydrogens (tertiary/aromatic N) is 1. The molecule has 5 heteroatoms. The average Bonchev–Trinajstić information content (AvgIpc) is 2.54. The highest BCUT2D eigenvalue weighted by molar-refractivity contribution is 7.85. The van der Waals surface area contributed by atoms with Crippen LogP contribution in [0.4, 0.5) is 0 Å². The third-order valence-electron chi connectivity index (χ3n) is 5.79. The third kappa shape index (κ3) is 7.99. The smallest absolute Gasteiger partial charge is 0.264 e. The fourth-order valence-electron chi connectivity index (χ4n) is 4.12. The minimum atomic E-state index is -3.69. The molecule has 1 N–H and O–H groups in total. The van der Waals surface area contributed by atoms with Crippen molar-refractivity contribution in [2.45, 2.75) is 96.1 Å². The lowest BCUT2D eigenvalue weighted by Gasteiger charge is -2.47. The molecule has 0 amide bonds. The molecule has 4 nitrogen and oxygen atoms in total. The van der Waals surface area contributed by atoms with Crippen LogP contribution in [0.2, 0.25) is 0 Å². The van der Waals surface area contributed by atoms with Gasteiger partial charge in [-0.05, 0) is 57.8 Å². The van der Waals surface area contributed by atoms with E-state index >= 15 is 0 Å². The Hall–Kier alpha value is -0.130. The monoisotopic (exact) mass is 348 g/mol. The second-order valence-corrected chi connectivity index (χ2v) is 9.42. The summed E-state index contributed by atoms with van der Waals surface area (Å²) in [5.74, 6) is -0.108. The van der Waals surface area contributed by atoms with E-state index in [4.69, 9.17) is 4.55 Å². The van der Waals surface area contributed by atoms with Gasteiger partial charge in [-0.2, -0.15) is 8.42 Å². The van der Waals surface area contributed by atoms with E-state index in [1.54, 1.807) is 0 Å². The van der Waals surface area contributed by atoms with Gasteiger partial charge in [0.2, 0.25) is 0 Å². The summed E-state index contributed by atoms with van der Waals surface area (Å²) in [4.78, 5) is 0. The summed E-state index contributed by atoms with van der Waals surface area (Å²) < 4.78 is 29.3. The van der Waals surface area contributed by atoms with Gasteiger partial charge in [0.15, 0.2) is 0 Å². The number of rotatable bonds is 5. The zero-order chi connectivity index (χ0) is 17.3. The molecule has 0 aromatic rings. The van der Waals surface area contributed by atoms with E-state index in [0.29, 0.717) is 6.42 Å². The Morgan fingerprint density at radius 1 is 0.870 bits per heavy atom. The van der Waals surface area contributed by atoms with Crippen LogP contribution in [-0.4, -0.2) is 49.4 Å². The molecule has 0 heterocycles. The van der Waals surface area contributed by atoms with Gasteiger partial charge in [0.1, 0.15) is 0 Å². The first kappa shape index (κ1) is 20.9. The van der Waals surface area contributed by atoms with Crippen molar-refractivity contribution in [3.8, 4) is 0 Å². The minimum Gasteiger partial charge on any atom is -0.324 e. The van der Waals surface area contributed by atoms with Gasteiger partial charge in [-0.1, -0.05) is 26.2 Å². The van der Waals surface area contributed by atoms with Gasteiger partial charge < -0.3 is 4.48 Å². The molecule has 2 aliphatic rings. The standard InChI is InChI=1S/C14H28N.C4H10O3S/c1-15(2,13-9-5-3-6-10-13)14-11-7-4-8-12-14;1-2-3-4-8(5,6)7/h13-14H,3-12H2,1-2H3;2-4H2,1H3,(H,5,6,7)/q+1;. The molecular formula is C18H38NO3S+. The third-order valence-corrected chi connectivity index (χ3v) is 6.59. The Labute approximate surface area is 144 Å². The average molecular weight is 349 g/mol. The van der Waals surface area contributed by atoms with Crippen LogP contribution in [0.15, 0.2) is 0 Å². The molecule has 2 saturated carbocycles. The normalized spacial score (nSPS) is 21.6. The summed E-state index contributed by atoms with van der Waals surface area (Å²) in [5, 5.41) is 0. The maximum absolute atomic E-state index is 9.95. The predicted molar refractivity (Wildman–Crippen MR) is 97.2 cm³/mol. The molecular weight excluding hydrogens is 310 g/mol. The topological polar surface area (TPSA) is 54.4 Å². The van der Waals surface area contributed by atoms with Crippen molar-refractivity contribution in [1.29, 1.82) is 0 Å². The summed E-state index contributed by atoms with van der Waals surface area (Å²) in [5.41, 5.74) is 0. The van der Waals surface area contributed by atoms with Gasteiger partial charge in [-0.25, -0.2) is 0 Å². The predicted octanol–water partition coefficient (Wildman–Crippen LogP) is 4.40. The Morgan fingerprint density at radius 2 is 1.26 bits per heavy atom. The highest BCUT2D eigenvalue weighted by Gasteiger charge is 2.37. The Kier molecular flexibility index (Phi) is 9.09. The van der Waals surface area contributed by atoms with Crippen molar-refractivity contribution in [3.05, 3.63) is 0 Å². The van der Waals surface area contributed by atoms with Crippen LogP contribution in [0.1, 0.15) is 84.0 Å². The molecule has 2 rings (SSSR count). The lowest BCUT2D eigenvalue weighted by Crippen LogP contribution is -2.56. The molecule has 2 fully saturated rings. The Balaban J connectivity index is 0.000000284. The SMILES string of the molecule is CCCCS(=O)(=O)O.C[N+](C)(C1CCCCC1)C1CCCCC1. The summed E-state index contributed by atoms with van der Waals surface area (Å²) in [6.45, 7) is 1.87. The summed E-state index contributed by atoms with van der Waals surface area (Å²) >= 11 is 0. The fourth-order valence-corrected chi connectivity index (χ4v) is 4.77. The van der Waals surface area contributed by atoms with Gasteiger partial charge in [-0.15, -0.1) is 0 Å². The zero-order valence-electron chi connectivity index (χ0n) is 15.5. The van der Waals surface area contributed by atoms with Crippen LogP contribution < -0.4 is 0 Å². The minimum absolute atomic E-state index is 0.108. The first-order valence-corrected chi connectivity index (χ1v) is 11.2. The number of hydrogen-bond acceptors (Lipinski definition) is 2. The molecule has 0 spiro atoms. The van der Waals surface area contributed by atoms with Crippen molar-refractivity contribution in [1.82, 2.24) is 0 Å². The van der Waals surface area contributed by atoms with E-state index in [1.165, 1.54) is 68.7 Å².